The summed E-state index contributed by atoms with van der Waals surface area (Å²) >= 11 is 0. The Bertz CT molecular complexity index is 686. The van der Waals surface area contributed by atoms with Crippen molar-refractivity contribution < 1.29 is 27.8 Å². The lowest BCUT2D eigenvalue weighted by atomic mass is 9.56. The number of aliphatic hydroxyl groups is 1. The maximum atomic E-state index is 13.3. The first-order valence-electron chi connectivity index (χ1n) is 9.35. The van der Waals surface area contributed by atoms with Crippen molar-refractivity contribution in [3.63, 3.8) is 0 Å². The fourth-order valence-corrected chi connectivity index (χ4v) is 4.56. The lowest BCUT2D eigenvalue weighted by Gasteiger charge is -2.59. The maximum absolute atomic E-state index is 13.3. The van der Waals surface area contributed by atoms with Crippen LogP contribution in [-0.4, -0.2) is 42.7 Å². The zero-order valence-corrected chi connectivity index (χ0v) is 15.7. The molecular formula is C20H26F3NO3. The van der Waals surface area contributed by atoms with Gasteiger partial charge in [-0.05, 0) is 49.3 Å². The Hall–Kier alpha value is -1.76. The molecule has 27 heavy (non-hydrogen) atoms. The number of methoxy groups -OCH3 is 1. The zero-order valence-electron chi connectivity index (χ0n) is 15.7. The number of halogens is 3. The molecular weight excluding hydrogens is 359 g/mol. The number of benzene rings is 1. The predicted molar refractivity (Wildman–Crippen MR) is 94.3 cm³/mol. The topological polar surface area (TPSA) is 49.8 Å². The second kappa shape index (κ2) is 7.34. The molecule has 1 aliphatic heterocycles. The van der Waals surface area contributed by atoms with Crippen LogP contribution in [0, 0.1) is 17.3 Å². The van der Waals surface area contributed by atoms with Crippen LogP contribution in [-0.2, 0) is 17.4 Å². The van der Waals surface area contributed by atoms with Gasteiger partial charge in [0.1, 0.15) is 5.75 Å². The Morgan fingerprint density at radius 1 is 1.37 bits per heavy atom. The first-order valence-corrected chi connectivity index (χ1v) is 9.35. The van der Waals surface area contributed by atoms with Crippen molar-refractivity contribution in [1.29, 1.82) is 0 Å². The lowest BCUT2D eigenvalue weighted by molar-refractivity contribution is -0.161. The molecule has 1 aliphatic carbocycles. The average molecular weight is 385 g/mol. The molecule has 2 aliphatic rings. The van der Waals surface area contributed by atoms with Crippen LogP contribution in [0.5, 0.6) is 5.75 Å². The van der Waals surface area contributed by atoms with Crippen molar-refractivity contribution in [1.82, 2.24) is 4.90 Å². The standard InChI is InChI=1S/C20H26F3NO3/c1-3-14(10-25)18(26)24-11-19(12-24)8-13(9-19)6-15-4-5-16(27-2)7-17(15)20(21,22)23/h4-5,7,13-14,25H,3,6,8-12H2,1-2H3/t14-/m1/s1. The molecule has 150 valence electrons. The Labute approximate surface area is 157 Å². The number of amides is 1. The summed E-state index contributed by atoms with van der Waals surface area (Å²) in [5, 5.41) is 9.25. The second-order valence-corrected chi connectivity index (χ2v) is 7.98. The Balaban J connectivity index is 1.57. The Morgan fingerprint density at radius 2 is 2.04 bits per heavy atom. The molecule has 0 bridgehead atoms. The molecule has 1 amide bonds. The number of ether oxygens (including phenoxy) is 1. The fourth-order valence-electron chi connectivity index (χ4n) is 4.56. The zero-order chi connectivity index (χ0) is 19.8. The number of hydrogen-bond donors (Lipinski definition) is 1. The smallest absolute Gasteiger partial charge is 0.416 e. The summed E-state index contributed by atoms with van der Waals surface area (Å²) < 4.78 is 44.9. The highest BCUT2D eigenvalue weighted by atomic mass is 19.4. The first-order chi connectivity index (χ1) is 12.7. The van der Waals surface area contributed by atoms with E-state index >= 15 is 0 Å². The number of carbonyl (C=O) groups is 1. The molecule has 0 radical (unpaired) electrons. The molecule has 3 rings (SSSR count). The number of hydrogen-bond acceptors (Lipinski definition) is 3. The minimum Gasteiger partial charge on any atom is -0.497 e. The van der Waals surface area contributed by atoms with Gasteiger partial charge >= 0.3 is 6.18 Å². The van der Waals surface area contributed by atoms with Gasteiger partial charge in [-0.15, -0.1) is 0 Å². The van der Waals surface area contributed by atoms with Gasteiger partial charge in [-0.3, -0.25) is 4.79 Å². The number of nitrogens with zero attached hydrogens (tertiary/aromatic N) is 1. The van der Waals surface area contributed by atoms with Gasteiger partial charge in [-0.1, -0.05) is 13.0 Å². The SMILES string of the molecule is CC[C@H](CO)C(=O)N1CC2(CC(Cc3ccc(OC)cc3C(F)(F)F)C2)C1. The minimum absolute atomic E-state index is 0.0106. The van der Waals surface area contributed by atoms with Gasteiger partial charge in [0.15, 0.2) is 0 Å². The van der Waals surface area contributed by atoms with Crippen molar-refractivity contribution in [3.05, 3.63) is 29.3 Å². The summed E-state index contributed by atoms with van der Waals surface area (Å²) in [5.74, 6) is 0.0608. The molecule has 1 saturated heterocycles. The molecule has 2 fully saturated rings. The van der Waals surface area contributed by atoms with E-state index in [1.165, 1.54) is 13.2 Å². The summed E-state index contributed by atoms with van der Waals surface area (Å²) in [6.45, 7) is 3.06. The molecule has 7 heteroatoms. The highest BCUT2D eigenvalue weighted by molar-refractivity contribution is 5.80. The van der Waals surface area contributed by atoms with E-state index in [9.17, 15) is 23.1 Å². The van der Waals surface area contributed by atoms with Gasteiger partial charge in [-0.25, -0.2) is 0 Å². The van der Waals surface area contributed by atoms with Crippen LogP contribution in [0.1, 0.15) is 37.3 Å². The van der Waals surface area contributed by atoms with Gasteiger partial charge in [-0.2, -0.15) is 13.2 Å². The molecule has 1 heterocycles. The van der Waals surface area contributed by atoms with E-state index in [2.05, 4.69) is 0 Å². The van der Waals surface area contributed by atoms with E-state index in [1.54, 1.807) is 11.0 Å². The third kappa shape index (κ3) is 3.93. The highest BCUT2D eigenvalue weighted by Crippen LogP contribution is 2.53. The van der Waals surface area contributed by atoms with E-state index in [-0.39, 0.29) is 35.5 Å². The van der Waals surface area contributed by atoms with E-state index in [1.807, 2.05) is 6.92 Å². The Morgan fingerprint density at radius 3 is 2.56 bits per heavy atom. The fraction of sp³-hybridized carbons (Fsp3) is 0.650. The van der Waals surface area contributed by atoms with Crippen LogP contribution in [0.4, 0.5) is 13.2 Å². The van der Waals surface area contributed by atoms with Crippen LogP contribution in [0.25, 0.3) is 0 Å². The molecule has 1 spiro atoms. The average Bonchev–Trinajstić information content (AvgIpc) is 2.55. The molecule has 1 aromatic carbocycles. The van der Waals surface area contributed by atoms with Gasteiger partial charge < -0.3 is 14.7 Å². The predicted octanol–water partition coefficient (Wildman–Crippen LogP) is 3.51. The number of alkyl halides is 3. The lowest BCUT2D eigenvalue weighted by Crippen LogP contribution is -2.65. The number of aliphatic hydroxyl groups excluding tert-OH is 1. The summed E-state index contributed by atoms with van der Waals surface area (Å²) in [6.07, 6.45) is -1.71. The van der Waals surface area contributed by atoms with Crippen molar-refractivity contribution in [2.75, 3.05) is 26.8 Å². The number of carbonyl (C=O) groups excluding carboxylic acids is 1. The van der Waals surface area contributed by atoms with Gasteiger partial charge in [0.05, 0.1) is 25.2 Å². The van der Waals surface area contributed by atoms with E-state index < -0.39 is 11.7 Å². The van der Waals surface area contributed by atoms with Crippen LogP contribution in [0.15, 0.2) is 18.2 Å². The molecule has 1 N–H and O–H groups in total. The summed E-state index contributed by atoms with van der Waals surface area (Å²) in [4.78, 5) is 14.0. The maximum Gasteiger partial charge on any atom is 0.416 e. The van der Waals surface area contributed by atoms with Gasteiger partial charge in [0.2, 0.25) is 5.91 Å². The Kier molecular flexibility index (Phi) is 5.43. The molecule has 0 unspecified atom stereocenters. The van der Waals surface area contributed by atoms with Crippen LogP contribution < -0.4 is 4.74 Å². The van der Waals surface area contributed by atoms with Crippen molar-refractivity contribution in [3.8, 4) is 5.75 Å². The third-order valence-corrected chi connectivity index (χ3v) is 6.00. The van der Waals surface area contributed by atoms with Crippen LogP contribution >= 0.6 is 0 Å². The van der Waals surface area contributed by atoms with Crippen molar-refractivity contribution in [2.24, 2.45) is 17.3 Å². The number of rotatable bonds is 6. The van der Waals surface area contributed by atoms with Gasteiger partial charge in [0.25, 0.3) is 0 Å². The summed E-state index contributed by atoms with van der Waals surface area (Å²) in [5.41, 5.74) is -0.248. The molecule has 0 aromatic heterocycles. The molecule has 4 nitrogen and oxygen atoms in total. The molecule has 1 atom stereocenters. The van der Waals surface area contributed by atoms with Crippen molar-refractivity contribution >= 4 is 5.91 Å². The molecule has 1 saturated carbocycles. The van der Waals surface area contributed by atoms with E-state index in [4.69, 9.17) is 4.74 Å². The normalized spacial score (nSPS) is 20.1. The number of likely N-dealkylation sites (tertiary alicyclic amines) is 1. The third-order valence-electron chi connectivity index (χ3n) is 6.00. The van der Waals surface area contributed by atoms with Gasteiger partial charge in [0, 0.05) is 18.5 Å². The summed E-state index contributed by atoms with van der Waals surface area (Å²) in [6, 6.07) is 4.15. The van der Waals surface area contributed by atoms with Crippen LogP contribution in [0.2, 0.25) is 0 Å². The van der Waals surface area contributed by atoms with Crippen molar-refractivity contribution in [2.45, 2.75) is 38.8 Å². The largest absolute Gasteiger partial charge is 0.497 e. The monoisotopic (exact) mass is 385 g/mol. The molecule has 1 aromatic rings. The quantitative estimate of drug-likeness (QED) is 0.815. The first kappa shape index (κ1) is 20.0. The minimum atomic E-state index is -4.40. The summed E-state index contributed by atoms with van der Waals surface area (Å²) in [7, 11) is 1.36. The highest BCUT2D eigenvalue weighted by Gasteiger charge is 2.54. The van der Waals surface area contributed by atoms with Crippen LogP contribution in [0.3, 0.4) is 0 Å². The van der Waals surface area contributed by atoms with E-state index in [0.29, 0.717) is 31.5 Å². The van der Waals surface area contributed by atoms with E-state index in [0.717, 1.165) is 18.9 Å². The second-order valence-electron chi connectivity index (χ2n) is 7.98.